The molecule has 17 heavy (non-hydrogen) atoms. The first-order valence-electron chi connectivity index (χ1n) is 5.72. The van der Waals surface area contributed by atoms with Crippen LogP contribution in [0.15, 0.2) is 18.3 Å². The lowest BCUT2D eigenvalue weighted by Gasteiger charge is -2.15. The van der Waals surface area contributed by atoms with Crippen molar-refractivity contribution in [2.24, 2.45) is 5.92 Å². The molecule has 2 rings (SSSR count). The second-order valence-corrected chi connectivity index (χ2v) is 4.28. The molecule has 5 heteroatoms. The van der Waals surface area contributed by atoms with Crippen molar-refractivity contribution in [1.29, 1.82) is 0 Å². The van der Waals surface area contributed by atoms with E-state index < -0.39 is 5.82 Å². The number of hydrogen-bond donors (Lipinski definition) is 1. The lowest BCUT2D eigenvalue weighted by atomic mass is 10.1. The van der Waals surface area contributed by atoms with Crippen LogP contribution in [0.2, 0.25) is 0 Å². The second-order valence-electron chi connectivity index (χ2n) is 4.28. The van der Waals surface area contributed by atoms with Crippen LogP contribution in [0.4, 0.5) is 4.39 Å². The largest absolute Gasteiger partial charge is 0.396 e. The number of aliphatic hydroxyl groups excluding tert-OH is 1. The Bertz CT molecular complexity index is 394. The summed E-state index contributed by atoms with van der Waals surface area (Å²) in [5.74, 6) is -0.240. The lowest BCUT2D eigenvalue weighted by Crippen LogP contribution is -2.29. The molecule has 1 aromatic heterocycles. The van der Waals surface area contributed by atoms with Crippen molar-refractivity contribution in [3.8, 4) is 0 Å². The number of halogens is 1. The fourth-order valence-electron chi connectivity index (χ4n) is 2.10. The fraction of sp³-hybridized carbons (Fsp3) is 0.500. The van der Waals surface area contributed by atoms with Gasteiger partial charge in [0.05, 0.1) is 6.20 Å². The van der Waals surface area contributed by atoms with Gasteiger partial charge in [0.2, 0.25) is 0 Å². The number of rotatable bonds is 3. The summed E-state index contributed by atoms with van der Waals surface area (Å²) >= 11 is 0. The van der Waals surface area contributed by atoms with E-state index in [2.05, 4.69) is 4.98 Å². The molecule has 1 aliphatic heterocycles. The maximum atomic E-state index is 12.7. The number of likely N-dealkylation sites (tertiary alicyclic amines) is 1. The van der Waals surface area contributed by atoms with Crippen LogP contribution >= 0.6 is 0 Å². The van der Waals surface area contributed by atoms with Gasteiger partial charge in [-0.05, 0) is 30.9 Å². The van der Waals surface area contributed by atoms with Gasteiger partial charge in [-0.25, -0.2) is 9.37 Å². The average Bonchev–Trinajstić information content (AvgIpc) is 2.78. The van der Waals surface area contributed by atoms with Gasteiger partial charge in [0, 0.05) is 19.7 Å². The van der Waals surface area contributed by atoms with Gasteiger partial charge in [0.1, 0.15) is 11.5 Å². The molecule has 2 heterocycles. The van der Waals surface area contributed by atoms with E-state index in [-0.39, 0.29) is 18.2 Å². The van der Waals surface area contributed by atoms with Crippen LogP contribution in [-0.2, 0) is 0 Å². The summed E-state index contributed by atoms with van der Waals surface area (Å²) in [6.07, 6.45) is 2.68. The molecule has 0 radical (unpaired) electrons. The zero-order chi connectivity index (χ0) is 12.3. The number of pyridine rings is 1. The Morgan fingerprint density at radius 2 is 2.41 bits per heavy atom. The first-order valence-corrected chi connectivity index (χ1v) is 5.72. The summed E-state index contributed by atoms with van der Waals surface area (Å²) in [4.78, 5) is 17.5. The highest BCUT2D eigenvalue weighted by Crippen LogP contribution is 2.20. The quantitative estimate of drug-likeness (QED) is 0.856. The number of carbonyl (C=O) groups excluding carboxylic acids is 1. The van der Waals surface area contributed by atoms with E-state index in [0.717, 1.165) is 19.0 Å². The number of nitrogens with zero attached hydrogens (tertiary/aromatic N) is 2. The smallest absolute Gasteiger partial charge is 0.272 e. The Labute approximate surface area is 99.1 Å². The van der Waals surface area contributed by atoms with Gasteiger partial charge in [-0.2, -0.15) is 0 Å². The van der Waals surface area contributed by atoms with Crippen molar-refractivity contribution in [2.45, 2.75) is 12.8 Å². The van der Waals surface area contributed by atoms with Crippen molar-refractivity contribution in [3.63, 3.8) is 0 Å². The standard InChI is InChI=1S/C12H15FN2O2/c13-10-1-2-11(14-7-10)12(17)15-5-3-9(8-15)4-6-16/h1-2,7,9,16H,3-6,8H2. The molecule has 1 saturated heterocycles. The summed E-state index contributed by atoms with van der Waals surface area (Å²) in [7, 11) is 0. The van der Waals surface area contributed by atoms with Gasteiger partial charge in [0.25, 0.3) is 5.91 Å². The monoisotopic (exact) mass is 238 g/mol. The van der Waals surface area contributed by atoms with Gasteiger partial charge in [-0.1, -0.05) is 0 Å². The van der Waals surface area contributed by atoms with Crippen LogP contribution in [0.1, 0.15) is 23.3 Å². The van der Waals surface area contributed by atoms with E-state index in [1.54, 1.807) is 4.90 Å². The molecule has 0 saturated carbocycles. The molecule has 0 aliphatic carbocycles. The maximum absolute atomic E-state index is 12.7. The molecule has 1 atom stereocenters. The van der Waals surface area contributed by atoms with E-state index in [9.17, 15) is 9.18 Å². The molecule has 1 N–H and O–H groups in total. The molecule has 4 nitrogen and oxygen atoms in total. The molecular formula is C12H15FN2O2. The molecule has 0 aromatic carbocycles. The average molecular weight is 238 g/mol. The van der Waals surface area contributed by atoms with Crippen LogP contribution < -0.4 is 0 Å². The summed E-state index contributed by atoms with van der Waals surface area (Å²) in [6, 6.07) is 2.64. The van der Waals surface area contributed by atoms with Crippen molar-refractivity contribution in [1.82, 2.24) is 9.88 Å². The minimum absolute atomic E-state index is 0.154. The van der Waals surface area contributed by atoms with Crippen molar-refractivity contribution < 1.29 is 14.3 Å². The summed E-state index contributed by atoms with van der Waals surface area (Å²) < 4.78 is 12.7. The number of aromatic nitrogens is 1. The minimum atomic E-state index is -0.443. The van der Waals surface area contributed by atoms with Crippen molar-refractivity contribution >= 4 is 5.91 Å². The molecule has 0 spiro atoms. The van der Waals surface area contributed by atoms with Crippen LogP contribution in [-0.4, -0.2) is 40.6 Å². The normalized spacial score (nSPS) is 19.6. The predicted octanol–water partition coefficient (Wildman–Crippen LogP) is 1.07. The molecule has 0 bridgehead atoms. The third-order valence-electron chi connectivity index (χ3n) is 3.06. The van der Waals surface area contributed by atoms with Gasteiger partial charge < -0.3 is 10.0 Å². The molecule has 1 aromatic rings. The Balaban J connectivity index is 1.99. The number of hydrogen-bond acceptors (Lipinski definition) is 3. The van der Waals surface area contributed by atoms with E-state index in [1.165, 1.54) is 12.1 Å². The van der Waals surface area contributed by atoms with Crippen LogP contribution in [0.5, 0.6) is 0 Å². The van der Waals surface area contributed by atoms with E-state index >= 15 is 0 Å². The van der Waals surface area contributed by atoms with E-state index in [1.807, 2.05) is 0 Å². The Kier molecular flexibility index (Phi) is 3.68. The van der Waals surface area contributed by atoms with Crippen LogP contribution in [0.3, 0.4) is 0 Å². The molecule has 92 valence electrons. The third-order valence-corrected chi connectivity index (χ3v) is 3.06. The van der Waals surface area contributed by atoms with E-state index in [4.69, 9.17) is 5.11 Å². The third kappa shape index (κ3) is 2.79. The fourth-order valence-corrected chi connectivity index (χ4v) is 2.10. The van der Waals surface area contributed by atoms with Crippen LogP contribution in [0, 0.1) is 11.7 Å². The Morgan fingerprint density at radius 1 is 1.59 bits per heavy atom. The Hall–Kier alpha value is -1.49. The molecule has 1 unspecified atom stereocenters. The maximum Gasteiger partial charge on any atom is 0.272 e. The van der Waals surface area contributed by atoms with Crippen molar-refractivity contribution in [3.05, 3.63) is 29.8 Å². The first kappa shape index (κ1) is 12.0. The number of carbonyl (C=O) groups is 1. The van der Waals surface area contributed by atoms with E-state index in [0.29, 0.717) is 19.0 Å². The number of aliphatic hydroxyl groups is 1. The second kappa shape index (κ2) is 5.23. The zero-order valence-electron chi connectivity index (χ0n) is 9.47. The van der Waals surface area contributed by atoms with Gasteiger partial charge in [-0.15, -0.1) is 0 Å². The highest BCUT2D eigenvalue weighted by molar-refractivity contribution is 5.92. The SMILES string of the molecule is O=C(c1ccc(F)cn1)N1CCC(CCO)C1. The minimum Gasteiger partial charge on any atom is -0.396 e. The highest BCUT2D eigenvalue weighted by Gasteiger charge is 2.26. The number of amides is 1. The molecular weight excluding hydrogens is 223 g/mol. The molecule has 1 aliphatic rings. The topological polar surface area (TPSA) is 53.4 Å². The molecule has 1 fully saturated rings. The highest BCUT2D eigenvalue weighted by atomic mass is 19.1. The van der Waals surface area contributed by atoms with Crippen LogP contribution in [0.25, 0.3) is 0 Å². The summed E-state index contributed by atoms with van der Waals surface area (Å²) in [6.45, 7) is 1.49. The lowest BCUT2D eigenvalue weighted by molar-refractivity contribution is 0.0779. The van der Waals surface area contributed by atoms with Gasteiger partial charge >= 0.3 is 0 Å². The van der Waals surface area contributed by atoms with Crippen molar-refractivity contribution in [2.75, 3.05) is 19.7 Å². The first-order chi connectivity index (χ1) is 8.20. The summed E-state index contributed by atoms with van der Waals surface area (Å²) in [5.41, 5.74) is 0.274. The predicted molar refractivity (Wildman–Crippen MR) is 59.9 cm³/mol. The molecule has 1 amide bonds. The summed E-state index contributed by atoms with van der Waals surface area (Å²) in [5, 5.41) is 8.84. The Morgan fingerprint density at radius 3 is 3.06 bits per heavy atom. The van der Waals surface area contributed by atoms with Gasteiger partial charge in [0.15, 0.2) is 0 Å². The zero-order valence-corrected chi connectivity index (χ0v) is 9.47. The van der Waals surface area contributed by atoms with Gasteiger partial charge in [-0.3, -0.25) is 4.79 Å².